The van der Waals surface area contributed by atoms with E-state index in [1.54, 1.807) is 30.9 Å². The molecule has 0 unspecified atom stereocenters. The van der Waals surface area contributed by atoms with Crippen molar-refractivity contribution in [2.24, 2.45) is 7.05 Å². The number of thiophene rings is 1. The van der Waals surface area contributed by atoms with Crippen LogP contribution in [0.2, 0.25) is 0 Å². The van der Waals surface area contributed by atoms with E-state index >= 15 is 0 Å². The Labute approximate surface area is 162 Å². The standard InChI is InChI=1S/C17H22N4O3S.ClH/c1-4-21-9-6-11-13(10-21)25-16(14(11)17(23)24-5-2)18-15(22)12-7-8-20(3)19-12;/h7-8H,4-6,9-10H2,1-3H3,(H,18,22);1H. The summed E-state index contributed by atoms with van der Waals surface area (Å²) in [5.74, 6) is -0.696. The lowest BCUT2D eigenvalue weighted by atomic mass is 10.0. The number of anilines is 1. The van der Waals surface area contributed by atoms with Gasteiger partial charge in [0, 0.05) is 31.2 Å². The Morgan fingerprint density at radius 2 is 2.15 bits per heavy atom. The first-order valence-electron chi connectivity index (χ1n) is 8.38. The maximum absolute atomic E-state index is 12.5. The number of nitrogens with one attached hydrogen (secondary N) is 1. The minimum absolute atomic E-state index is 0. The van der Waals surface area contributed by atoms with Crippen LogP contribution in [0, 0.1) is 0 Å². The van der Waals surface area contributed by atoms with Gasteiger partial charge in [-0.2, -0.15) is 5.10 Å². The third kappa shape index (κ3) is 4.08. The molecule has 1 aliphatic rings. The molecule has 9 heteroatoms. The molecule has 3 rings (SSSR count). The van der Waals surface area contributed by atoms with Crippen LogP contribution in [-0.4, -0.2) is 46.3 Å². The SMILES string of the molecule is CCOC(=O)c1c(NC(=O)c2ccn(C)n2)sc2c1CCN(CC)C2.Cl. The van der Waals surface area contributed by atoms with Crippen LogP contribution in [0.4, 0.5) is 5.00 Å². The van der Waals surface area contributed by atoms with E-state index in [0.29, 0.717) is 22.9 Å². The fourth-order valence-electron chi connectivity index (χ4n) is 2.94. The molecule has 3 heterocycles. The summed E-state index contributed by atoms with van der Waals surface area (Å²) in [6.07, 6.45) is 2.49. The average molecular weight is 399 g/mol. The Morgan fingerprint density at radius 3 is 2.77 bits per heavy atom. The van der Waals surface area contributed by atoms with Gasteiger partial charge in [-0.05, 0) is 31.5 Å². The number of carbonyl (C=O) groups is 2. The molecule has 0 aliphatic carbocycles. The zero-order valence-corrected chi connectivity index (χ0v) is 16.7. The van der Waals surface area contributed by atoms with Crippen molar-refractivity contribution in [2.75, 3.05) is 25.0 Å². The lowest BCUT2D eigenvalue weighted by molar-refractivity contribution is 0.0526. The molecule has 2 aromatic heterocycles. The van der Waals surface area contributed by atoms with E-state index in [4.69, 9.17) is 4.74 Å². The minimum Gasteiger partial charge on any atom is -0.462 e. The number of fused-ring (bicyclic) bond motifs is 1. The molecule has 7 nitrogen and oxygen atoms in total. The Balaban J connectivity index is 0.00000243. The first kappa shape index (κ1) is 20.4. The fraction of sp³-hybridized carbons (Fsp3) is 0.471. The zero-order valence-electron chi connectivity index (χ0n) is 15.1. The van der Waals surface area contributed by atoms with Crippen LogP contribution in [0.15, 0.2) is 12.3 Å². The summed E-state index contributed by atoms with van der Waals surface area (Å²) in [4.78, 5) is 28.4. The minimum atomic E-state index is -0.374. The maximum Gasteiger partial charge on any atom is 0.341 e. The molecule has 1 amide bonds. The van der Waals surface area contributed by atoms with Crippen molar-refractivity contribution in [1.82, 2.24) is 14.7 Å². The number of amides is 1. The van der Waals surface area contributed by atoms with E-state index in [0.717, 1.165) is 36.5 Å². The Hall–Kier alpha value is -1.90. The van der Waals surface area contributed by atoms with Gasteiger partial charge in [-0.1, -0.05) is 6.92 Å². The van der Waals surface area contributed by atoms with Gasteiger partial charge in [0.25, 0.3) is 5.91 Å². The van der Waals surface area contributed by atoms with Gasteiger partial charge >= 0.3 is 5.97 Å². The predicted molar refractivity (Wildman–Crippen MR) is 103 cm³/mol. The molecule has 142 valence electrons. The van der Waals surface area contributed by atoms with E-state index in [1.165, 1.54) is 11.3 Å². The molecular formula is C17H23ClN4O3S. The maximum atomic E-state index is 12.5. The summed E-state index contributed by atoms with van der Waals surface area (Å²) < 4.78 is 6.79. The van der Waals surface area contributed by atoms with Crippen LogP contribution < -0.4 is 5.32 Å². The lowest BCUT2D eigenvalue weighted by Gasteiger charge is -2.25. The molecule has 26 heavy (non-hydrogen) atoms. The molecular weight excluding hydrogens is 376 g/mol. The van der Waals surface area contributed by atoms with Gasteiger partial charge < -0.3 is 10.1 Å². The van der Waals surface area contributed by atoms with Crippen LogP contribution >= 0.6 is 23.7 Å². The number of esters is 1. The summed E-state index contributed by atoms with van der Waals surface area (Å²) in [6.45, 7) is 6.86. The van der Waals surface area contributed by atoms with Crippen molar-refractivity contribution >= 4 is 40.6 Å². The van der Waals surface area contributed by atoms with Crippen LogP contribution in [0.5, 0.6) is 0 Å². The van der Waals surface area contributed by atoms with E-state index in [-0.39, 0.29) is 24.3 Å². The number of nitrogens with zero attached hydrogens (tertiary/aromatic N) is 3. The molecule has 1 N–H and O–H groups in total. The highest BCUT2D eigenvalue weighted by Gasteiger charge is 2.29. The molecule has 0 spiro atoms. The summed E-state index contributed by atoms with van der Waals surface area (Å²) in [7, 11) is 1.75. The smallest absolute Gasteiger partial charge is 0.341 e. The van der Waals surface area contributed by atoms with E-state index in [9.17, 15) is 9.59 Å². The second kappa shape index (κ2) is 8.66. The van der Waals surface area contributed by atoms with E-state index in [2.05, 4.69) is 22.2 Å². The molecule has 0 fully saturated rings. The normalized spacial score (nSPS) is 13.7. The highest BCUT2D eigenvalue weighted by atomic mass is 35.5. The highest BCUT2D eigenvalue weighted by Crippen LogP contribution is 2.37. The number of likely N-dealkylation sites (N-methyl/N-ethyl adjacent to an activating group) is 1. The van der Waals surface area contributed by atoms with Crippen molar-refractivity contribution in [2.45, 2.75) is 26.8 Å². The number of halogens is 1. The van der Waals surface area contributed by atoms with Gasteiger partial charge in [0.1, 0.15) is 5.00 Å². The van der Waals surface area contributed by atoms with Gasteiger partial charge in [0.05, 0.1) is 12.2 Å². The summed E-state index contributed by atoms with van der Waals surface area (Å²) in [5.41, 5.74) is 1.82. The topological polar surface area (TPSA) is 76.5 Å². The van der Waals surface area contributed by atoms with Gasteiger partial charge in [-0.15, -0.1) is 23.7 Å². The molecule has 0 bridgehead atoms. The second-order valence-corrected chi connectivity index (χ2v) is 6.98. The predicted octanol–water partition coefficient (Wildman–Crippen LogP) is 2.71. The number of hydrogen-bond acceptors (Lipinski definition) is 6. The van der Waals surface area contributed by atoms with Crippen molar-refractivity contribution < 1.29 is 14.3 Å². The third-order valence-corrected chi connectivity index (χ3v) is 5.37. The number of hydrogen-bond donors (Lipinski definition) is 1. The van der Waals surface area contributed by atoms with E-state index in [1.807, 2.05) is 0 Å². The Morgan fingerprint density at radius 1 is 1.38 bits per heavy atom. The lowest BCUT2D eigenvalue weighted by Crippen LogP contribution is -2.30. The molecule has 1 aliphatic heterocycles. The first-order valence-corrected chi connectivity index (χ1v) is 9.20. The van der Waals surface area contributed by atoms with Crippen molar-refractivity contribution in [3.8, 4) is 0 Å². The fourth-order valence-corrected chi connectivity index (χ4v) is 4.21. The molecule has 0 aromatic carbocycles. The van der Waals surface area contributed by atoms with Gasteiger partial charge in [-0.3, -0.25) is 14.4 Å². The monoisotopic (exact) mass is 398 g/mol. The summed E-state index contributed by atoms with van der Waals surface area (Å²) in [5, 5.41) is 7.52. The van der Waals surface area contributed by atoms with Crippen molar-refractivity contribution in [1.29, 1.82) is 0 Å². The highest BCUT2D eigenvalue weighted by molar-refractivity contribution is 7.17. The molecule has 0 saturated heterocycles. The first-order chi connectivity index (χ1) is 12.0. The molecule has 0 radical (unpaired) electrons. The summed E-state index contributed by atoms with van der Waals surface area (Å²) in [6, 6.07) is 1.64. The average Bonchev–Trinajstić information content (AvgIpc) is 3.17. The number of rotatable bonds is 5. The van der Waals surface area contributed by atoms with Gasteiger partial charge in [0.15, 0.2) is 5.69 Å². The quantitative estimate of drug-likeness (QED) is 0.783. The second-order valence-electron chi connectivity index (χ2n) is 5.88. The van der Waals surface area contributed by atoms with Gasteiger partial charge in [-0.25, -0.2) is 4.79 Å². The molecule has 0 atom stereocenters. The number of aryl methyl sites for hydroxylation is 1. The van der Waals surface area contributed by atoms with E-state index < -0.39 is 0 Å². The number of aromatic nitrogens is 2. The molecule has 2 aromatic rings. The van der Waals surface area contributed by atoms with Crippen molar-refractivity contribution in [3.05, 3.63) is 34.0 Å². The molecule has 0 saturated carbocycles. The number of carbonyl (C=O) groups excluding carboxylic acids is 2. The van der Waals surface area contributed by atoms with Crippen LogP contribution in [-0.2, 0) is 24.8 Å². The summed E-state index contributed by atoms with van der Waals surface area (Å²) >= 11 is 1.46. The number of ether oxygens (including phenoxy) is 1. The van der Waals surface area contributed by atoms with Gasteiger partial charge in [0.2, 0.25) is 0 Å². The largest absolute Gasteiger partial charge is 0.462 e. The Kier molecular flexibility index (Phi) is 6.80. The van der Waals surface area contributed by atoms with Crippen LogP contribution in [0.3, 0.4) is 0 Å². The van der Waals surface area contributed by atoms with Crippen LogP contribution in [0.25, 0.3) is 0 Å². The van der Waals surface area contributed by atoms with Crippen LogP contribution in [0.1, 0.15) is 45.1 Å². The third-order valence-electron chi connectivity index (χ3n) is 4.24. The van der Waals surface area contributed by atoms with Crippen molar-refractivity contribution in [3.63, 3.8) is 0 Å². The Bertz CT molecular complexity index is 802. The zero-order chi connectivity index (χ0) is 18.0.